The fourth-order valence-electron chi connectivity index (χ4n) is 1.56. The first kappa shape index (κ1) is 12.9. The highest BCUT2D eigenvalue weighted by Gasteiger charge is 2.00. The number of hydrogen-bond donors (Lipinski definition) is 1. The Hall–Kier alpha value is -1.55. The van der Waals surface area contributed by atoms with Gasteiger partial charge >= 0.3 is 0 Å². The number of aromatic nitrogens is 2. The normalized spacial score (nSPS) is 10.3. The van der Waals surface area contributed by atoms with Crippen LogP contribution in [-0.4, -0.2) is 22.3 Å². The van der Waals surface area contributed by atoms with E-state index in [2.05, 4.69) is 39.6 Å². The molecule has 0 bridgehead atoms. The largest absolute Gasteiger partial charge is 0.368 e. The topological polar surface area (TPSA) is 37.8 Å². The van der Waals surface area contributed by atoms with E-state index in [0.717, 1.165) is 29.5 Å². The maximum atomic E-state index is 4.43. The van der Waals surface area contributed by atoms with E-state index in [1.54, 1.807) is 6.20 Å². The molecule has 2 aromatic rings. The van der Waals surface area contributed by atoms with Crippen molar-refractivity contribution in [3.05, 3.63) is 47.9 Å². The van der Waals surface area contributed by atoms with Crippen molar-refractivity contribution in [1.82, 2.24) is 9.97 Å². The van der Waals surface area contributed by atoms with Crippen LogP contribution in [0.1, 0.15) is 11.4 Å². The standard InChI is InChI=1S/C14H17N3S/c1-11-10-16-12(2)14(17-11)15-8-9-18-13-6-4-3-5-7-13/h3-7,10H,8-9H2,1-2H3,(H,15,17). The molecule has 0 fully saturated rings. The highest BCUT2D eigenvalue weighted by atomic mass is 32.2. The Morgan fingerprint density at radius 1 is 1.17 bits per heavy atom. The number of nitrogens with one attached hydrogen (secondary N) is 1. The van der Waals surface area contributed by atoms with Gasteiger partial charge in [-0.2, -0.15) is 0 Å². The van der Waals surface area contributed by atoms with Crippen LogP contribution >= 0.6 is 11.8 Å². The summed E-state index contributed by atoms with van der Waals surface area (Å²) >= 11 is 1.84. The monoisotopic (exact) mass is 259 g/mol. The average molecular weight is 259 g/mol. The van der Waals surface area contributed by atoms with E-state index in [1.807, 2.05) is 31.7 Å². The molecule has 1 aromatic heterocycles. The average Bonchev–Trinajstić information content (AvgIpc) is 2.40. The first-order valence-electron chi connectivity index (χ1n) is 5.97. The Morgan fingerprint density at radius 2 is 1.94 bits per heavy atom. The molecule has 1 N–H and O–H groups in total. The van der Waals surface area contributed by atoms with Crippen molar-refractivity contribution in [2.24, 2.45) is 0 Å². The van der Waals surface area contributed by atoms with Crippen molar-refractivity contribution in [2.45, 2.75) is 18.7 Å². The van der Waals surface area contributed by atoms with Crippen LogP contribution in [0, 0.1) is 13.8 Å². The minimum absolute atomic E-state index is 0.887. The van der Waals surface area contributed by atoms with E-state index >= 15 is 0 Å². The summed E-state index contributed by atoms with van der Waals surface area (Å²) in [5.74, 6) is 1.91. The molecule has 4 heteroatoms. The second-order valence-corrected chi connectivity index (χ2v) is 5.20. The van der Waals surface area contributed by atoms with Gasteiger partial charge in [-0.15, -0.1) is 11.8 Å². The van der Waals surface area contributed by atoms with Crippen LogP contribution in [0.5, 0.6) is 0 Å². The second-order valence-electron chi connectivity index (χ2n) is 4.03. The first-order valence-corrected chi connectivity index (χ1v) is 6.96. The number of rotatable bonds is 5. The molecule has 0 saturated carbocycles. The molecule has 1 aromatic carbocycles. The number of hydrogen-bond acceptors (Lipinski definition) is 4. The second kappa shape index (κ2) is 6.40. The molecular formula is C14H17N3S. The van der Waals surface area contributed by atoms with E-state index in [9.17, 15) is 0 Å². The Morgan fingerprint density at radius 3 is 2.72 bits per heavy atom. The lowest BCUT2D eigenvalue weighted by atomic mass is 10.4. The SMILES string of the molecule is Cc1cnc(C)c(NCCSc2ccccc2)n1. The van der Waals surface area contributed by atoms with Gasteiger partial charge in [0.05, 0.1) is 11.4 Å². The highest BCUT2D eigenvalue weighted by molar-refractivity contribution is 7.99. The molecule has 2 rings (SSSR count). The minimum Gasteiger partial charge on any atom is -0.368 e. The number of nitrogens with zero attached hydrogens (tertiary/aromatic N) is 2. The smallest absolute Gasteiger partial charge is 0.147 e. The van der Waals surface area contributed by atoms with Gasteiger partial charge in [-0.05, 0) is 26.0 Å². The van der Waals surface area contributed by atoms with E-state index in [-0.39, 0.29) is 0 Å². The predicted molar refractivity (Wildman–Crippen MR) is 77.2 cm³/mol. The third-order valence-corrected chi connectivity index (χ3v) is 3.50. The number of anilines is 1. The van der Waals surface area contributed by atoms with Gasteiger partial charge in [-0.1, -0.05) is 18.2 Å². The molecule has 0 amide bonds. The molecule has 94 valence electrons. The lowest BCUT2D eigenvalue weighted by Crippen LogP contribution is -2.08. The Bertz CT molecular complexity index is 500. The number of thioether (sulfide) groups is 1. The van der Waals surface area contributed by atoms with E-state index in [1.165, 1.54) is 4.90 Å². The lowest BCUT2D eigenvalue weighted by molar-refractivity contribution is 1.04. The molecular weight excluding hydrogens is 242 g/mol. The fraction of sp³-hybridized carbons (Fsp3) is 0.286. The van der Waals surface area contributed by atoms with Crippen LogP contribution in [0.25, 0.3) is 0 Å². The van der Waals surface area contributed by atoms with E-state index in [0.29, 0.717) is 0 Å². The summed E-state index contributed by atoms with van der Waals surface area (Å²) in [6, 6.07) is 10.4. The van der Waals surface area contributed by atoms with Crippen LogP contribution in [0.15, 0.2) is 41.4 Å². The molecule has 0 radical (unpaired) electrons. The van der Waals surface area contributed by atoms with Gasteiger partial charge < -0.3 is 5.32 Å². The van der Waals surface area contributed by atoms with Crippen molar-refractivity contribution < 1.29 is 0 Å². The first-order chi connectivity index (χ1) is 8.75. The maximum absolute atomic E-state index is 4.43. The van der Waals surface area contributed by atoms with Gasteiger partial charge in [0.15, 0.2) is 0 Å². The van der Waals surface area contributed by atoms with Crippen LogP contribution in [0.2, 0.25) is 0 Å². The predicted octanol–water partition coefficient (Wildman–Crippen LogP) is 3.30. The lowest BCUT2D eigenvalue weighted by Gasteiger charge is -2.08. The van der Waals surface area contributed by atoms with E-state index in [4.69, 9.17) is 0 Å². The zero-order valence-electron chi connectivity index (χ0n) is 10.7. The number of aryl methyl sites for hydroxylation is 2. The molecule has 0 aliphatic carbocycles. The summed E-state index contributed by atoms with van der Waals surface area (Å²) in [5.41, 5.74) is 1.89. The van der Waals surface area contributed by atoms with Crippen molar-refractivity contribution >= 4 is 17.6 Å². The van der Waals surface area contributed by atoms with Gasteiger partial charge in [0.1, 0.15) is 5.82 Å². The Labute approximate surface area is 112 Å². The summed E-state index contributed by atoms with van der Waals surface area (Å²) in [5, 5.41) is 3.33. The third kappa shape index (κ3) is 3.74. The Kier molecular flexibility index (Phi) is 4.59. The summed E-state index contributed by atoms with van der Waals surface area (Å²) in [4.78, 5) is 10.0. The van der Waals surface area contributed by atoms with Crippen LogP contribution in [-0.2, 0) is 0 Å². The molecule has 0 aliphatic heterocycles. The molecule has 0 unspecified atom stereocenters. The van der Waals surface area contributed by atoms with Crippen molar-refractivity contribution in [1.29, 1.82) is 0 Å². The quantitative estimate of drug-likeness (QED) is 0.660. The fourth-order valence-corrected chi connectivity index (χ4v) is 2.35. The van der Waals surface area contributed by atoms with E-state index < -0.39 is 0 Å². The van der Waals surface area contributed by atoms with Crippen molar-refractivity contribution in [3.63, 3.8) is 0 Å². The van der Waals surface area contributed by atoms with Crippen molar-refractivity contribution in [3.8, 4) is 0 Å². The minimum atomic E-state index is 0.887. The summed E-state index contributed by atoms with van der Waals surface area (Å²) in [6.07, 6.45) is 1.79. The molecule has 0 atom stereocenters. The maximum Gasteiger partial charge on any atom is 0.147 e. The van der Waals surface area contributed by atoms with Gasteiger partial charge in [-0.3, -0.25) is 4.98 Å². The summed E-state index contributed by atoms with van der Waals surface area (Å²) in [7, 11) is 0. The van der Waals surface area contributed by atoms with Gasteiger partial charge in [0.2, 0.25) is 0 Å². The highest BCUT2D eigenvalue weighted by Crippen LogP contribution is 2.16. The molecule has 0 spiro atoms. The van der Waals surface area contributed by atoms with Crippen LogP contribution < -0.4 is 5.32 Å². The molecule has 18 heavy (non-hydrogen) atoms. The molecule has 1 heterocycles. The van der Waals surface area contributed by atoms with Crippen molar-refractivity contribution in [2.75, 3.05) is 17.6 Å². The van der Waals surface area contributed by atoms with Gasteiger partial charge in [-0.25, -0.2) is 4.98 Å². The van der Waals surface area contributed by atoms with Crippen LogP contribution in [0.3, 0.4) is 0 Å². The molecule has 0 saturated heterocycles. The third-order valence-electron chi connectivity index (χ3n) is 2.48. The molecule has 0 aliphatic rings. The Balaban J connectivity index is 1.80. The number of benzene rings is 1. The zero-order chi connectivity index (χ0) is 12.8. The van der Waals surface area contributed by atoms with Gasteiger partial charge in [0.25, 0.3) is 0 Å². The summed E-state index contributed by atoms with van der Waals surface area (Å²) < 4.78 is 0. The van der Waals surface area contributed by atoms with Gasteiger partial charge in [0, 0.05) is 23.4 Å². The summed E-state index contributed by atoms with van der Waals surface area (Å²) in [6.45, 7) is 4.81. The van der Waals surface area contributed by atoms with Crippen LogP contribution in [0.4, 0.5) is 5.82 Å². The molecule has 3 nitrogen and oxygen atoms in total. The zero-order valence-corrected chi connectivity index (χ0v) is 11.5.